The molecule has 136 valence electrons. The van der Waals surface area contributed by atoms with Gasteiger partial charge in [-0.15, -0.1) is 0 Å². The lowest BCUT2D eigenvalue weighted by Gasteiger charge is -2.27. The summed E-state index contributed by atoms with van der Waals surface area (Å²) < 4.78 is 28.1. The van der Waals surface area contributed by atoms with Gasteiger partial charge < -0.3 is 13.8 Å². The molecule has 0 aliphatic carbocycles. The number of ether oxygens (including phenoxy) is 1. The summed E-state index contributed by atoms with van der Waals surface area (Å²) in [4.78, 5) is 8.41. The summed E-state index contributed by atoms with van der Waals surface area (Å²) >= 11 is 6.41. The first-order valence-corrected chi connectivity index (χ1v) is 8.80. The Morgan fingerprint density at radius 3 is 2.89 bits per heavy atom. The van der Waals surface area contributed by atoms with Crippen LogP contribution in [0.5, 0.6) is 5.75 Å². The van der Waals surface area contributed by atoms with Gasteiger partial charge in [-0.25, -0.2) is 9.37 Å². The third-order valence-electron chi connectivity index (χ3n) is 4.89. The van der Waals surface area contributed by atoms with Crippen LogP contribution in [0.15, 0.2) is 35.1 Å². The van der Waals surface area contributed by atoms with Crippen LogP contribution in [0.3, 0.4) is 0 Å². The second-order valence-corrected chi connectivity index (χ2v) is 6.83. The maximum Gasteiger partial charge on any atom is 0.204 e. The van der Waals surface area contributed by atoms with E-state index in [0.717, 1.165) is 11.1 Å². The molecule has 0 bridgehead atoms. The average molecular weight is 385 g/mol. The predicted octanol–water partition coefficient (Wildman–Crippen LogP) is 4.48. The normalized spacial score (nSPS) is 15.9. The molecule has 0 saturated heterocycles. The molecule has 1 unspecified atom stereocenters. The molecule has 6 nitrogen and oxygen atoms in total. The molecular weight excluding hydrogens is 371 g/mol. The van der Waals surface area contributed by atoms with Crippen molar-refractivity contribution in [2.24, 2.45) is 0 Å². The van der Waals surface area contributed by atoms with Gasteiger partial charge in [-0.1, -0.05) is 11.2 Å². The quantitative estimate of drug-likeness (QED) is 0.510. The van der Waals surface area contributed by atoms with E-state index in [-0.39, 0.29) is 16.8 Å². The van der Waals surface area contributed by atoms with Crippen LogP contribution in [-0.2, 0) is 0 Å². The number of aromatic nitrogens is 4. The molecule has 0 spiro atoms. The first-order valence-electron chi connectivity index (χ1n) is 8.42. The highest BCUT2D eigenvalue weighted by Crippen LogP contribution is 2.46. The summed E-state index contributed by atoms with van der Waals surface area (Å²) in [6.07, 6.45) is 3.44. The molecule has 0 fully saturated rings. The lowest BCUT2D eigenvalue weighted by atomic mass is 10.00. The molecule has 4 aromatic rings. The molecule has 1 aromatic carbocycles. The van der Waals surface area contributed by atoms with Crippen molar-refractivity contribution < 1.29 is 13.7 Å². The lowest BCUT2D eigenvalue weighted by Crippen LogP contribution is -2.23. The minimum atomic E-state index is -0.472. The Morgan fingerprint density at radius 2 is 2.19 bits per heavy atom. The number of hydrogen-bond acceptors (Lipinski definition) is 5. The smallest absolute Gasteiger partial charge is 0.204 e. The molecule has 0 radical (unpaired) electrons. The van der Waals surface area contributed by atoms with E-state index in [1.807, 2.05) is 19.1 Å². The van der Waals surface area contributed by atoms with Gasteiger partial charge in [0.2, 0.25) is 5.28 Å². The van der Waals surface area contributed by atoms with Gasteiger partial charge in [-0.2, -0.15) is 0 Å². The predicted molar refractivity (Wildman–Crippen MR) is 97.5 cm³/mol. The molecule has 27 heavy (non-hydrogen) atoms. The fourth-order valence-corrected chi connectivity index (χ4v) is 4.00. The molecule has 0 amide bonds. The first-order chi connectivity index (χ1) is 13.1. The summed E-state index contributed by atoms with van der Waals surface area (Å²) in [5.74, 6) is 0.651. The number of rotatable bonds is 2. The Hall–Kier alpha value is -2.93. The minimum absolute atomic E-state index is 0.180. The number of aryl methyl sites for hydroxylation is 2. The van der Waals surface area contributed by atoms with Crippen molar-refractivity contribution in [3.05, 3.63) is 58.7 Å². The standard InChI is InChI=1S/C19H14ClFN4O2/c1-9-15(10(2)27-24-9)12-6-13(21)16-17-18(12)26-8-14(25(17)19(20)23-16)11-4-3-5-22-7-11/h3-7,14H,8H2,1-2H3. The van der Waals surface area contributed by atoms with E-state index in [9.17, 15) is 4.39 Å². The number of pyridine rings is 1. The van der Waals surface area contributed by atoms with Crippen molar-refractivity contribution in [2.45, 2.75) is 19.9 Å². The molecule has 4 heterocycles. The maximum atomic E-state index is 14.9. The highest BCUT2D eigenvalue weighted by molar-refractivity contribution is 6.29. The van der Waals surface area contributed by atoms with E-state index in [1.165, 1.54) is 6.07 Å². The molecule has 1 atom stereocenters. The average Bonchev–Trinajstić information content (AvgIpc) is 3.20. The molecule has 1 aliphatic rings. The Balaban J connectivity index is 1.84. The fraction of sp³-hybridized carbons (Fsp3) is 0.211. The van der Waals surface area contributed by atoms with Crippen LogP contribution in [0.2, 0.25) is 5.28 Å². The van der Waals surface area contributed by atoms with Gasteiger partial charge in [0.25, 0.3) is 0 Å². The summed E-state index contributed by atoms with van der Waals surface area (Å²) in [7, 11) is 0. The molecule has 0 N–H and O–H groups in total. The van der Waals surface area contributed by atoms with Crippen molar-refractivity contribution in [2.75, 3.05) is 6.61 Å². The van der Waals surface area contributed by atoms with Crippen molar-refractivity contribution in [1.29, 1.82) is 0 Å². The largest absolute Gasteiger partial charge is 0.488 e. The van der Waals surface area contributed by atoms with Crippen molar-refractivity contribution in [1.82, 2.24) is 19.7 Å². The van der Waals surface area contributed by atoms with Crippen molar-refractivity contribution in [3.8, 4) is 16.9 Å². The van der Waals surface area contributed by atoms with Crippen LogP contribution >= 0.6 is 11.6 Å². The van der Waals surface area contributed by atoms with Gasteiger partial charge in [0.1, 0.15) is 23.4 Å². The zero-order chi connectivity index (χ0) is 18.7. The zero-order valence-electron chi connectivity index (χ0n) is 14.5. The van der Waals surface area contributed by atoms with Crippen LogP contribution in [0.25, 0.3) is 22.2 Å². The molecule has 1 aliphatic heterocycles. The lowest BCUT2D eigenvalue weighted by molar-refractivity contribution is 0.259. The Bertz CT molecular complexity index is 1170. The van der Waals surface area contributed by atoms with E-state index in [2.05, 4.69) is 15.1 Å². The topological polar surface area (TPSA) is 66.0 Å². The summed E-state index contributed by atoms with van der Waals surface area (Å²) in [5, 5.41) is 4.18. The van der Waals surface area contributed by atoms with Crippen LogP contribution in [0.1, 0.15) is 23.1 Å². The van der Waals surface area contributed by atoms with Gasteiger partial charge in [-0.3, -0.25) is 4.98 Å². The number of nitrogens with zero attached hydrogens (tertiary/aromatic N) is 4. The van der Waals surface area contributed by atoms with Gasteiger partial charge in [0.05, 0.1) is 17.3 Å². The van der Waals surface area contributed by atoms with E-state index in [1.54, 1.807) is 23.9 Å². The molecule has 8 heteroatoms. The van der Waals surface area contributed by atoms with Crippen molar-refractivity contribution in [3.63, 3.8) is 0 Å². The Kier molecular flexibility index (Phi) is 3.48. The highest BCUT2D eigenvalue weighted by Gasteiger charge is 2.32. The van der Waals surface area contributed by atoms with Crippen LogP contribution in [-0.4, -0.2) is 26.3 Å². The van der Waals surface area contributed by atoms with Crippen LogP contribution in [0.4, 0.5) is 4.39 Å². The van der Waals surface area contributed by atoms with E-state index in [0.29, 0.717) is 34.9 Å². The third kappa shape index (κ3) is 2.28. The minimum Gasteiger partial charge on any atom is -0.488 e. The van der Waals surface area contributed by atoms with Gasteiger partial charge in [0.15, 0.2) is 11.6 Å². The van der Waals surface area contributed by atoms with Crippen LogP contribution < -0.4 is 4.74 Å². The van der Waals surface area contributed by atoms with E-state index in [4.69, 9.17) is 20.9 Å². The van der Waals surface area contributed by atoms with E-state index >= 15 is 0 Å². The summed E-state index contributed by atoms with van der Waals surface area (Å²) in [6.45, 7) is 3.92. The number of halogens is 2. The number of benzene rings is 1. The monoisotopic (exact) mass is 384 g/mol. The Labute approximate surface area is 158 Å². The van der Waals surface area contributed by atoms with Crippen molar-refractivity contribution >= 4 is 22.6 Å². The SMILES string of the molecule is Cc1noc(C)c1-c1cc(F)c2nc(Cl)n3c2c1OCC3c1cccnc1. The van der Waals surface area contributed by atoms with Gasteiger partial charge >= 0.3 is 0 Å². The third-order valence-corrected chi connectivity index (χ3v) is 5.16. The second kappa shape index (κ2) is 5.79. The number of hydrogen-bond donors (Lipinski definition) is 0. The molecule has 0 saturated carbocycles. The molecule has 3 aromatic heterocycles. The maximum absolute atomic E-state index is 14.9. The Morgan fingerprint density at radius 1 is 1.33 bits per heavy atom. The first kappa shape index (κ1) is 16.3. The van der Waals surface area contributed by atoms with Crippen LogP contribution in [0, 0.1) is 19.7 Å². The van der Waals surface area contributed by atoms with Gasteiger partial charge in [-0.05, 0) is 43.1 Å². The van der Waals surface area contributed by atoms with Gasteiger partial charge in [0, 0.05) is 18.0 Å². The summed E-state index contributed by atoms with van der Waals surface area (Å²) in [6, 6.07) is 4.93. The van der Waals surface area contributed by atoms with E-state index < -0.39 is 5.82 Å². The fourth-order valence-electron chi connectivity index (χ4n) is 3.72. The number of imidazole rings is 1. The summed E-state index contributed by atoms with van der Waals surface area (Å²) in [5.41, 5.74) is 3.58. The highest BCUT2D eigenvalue weighted by atomic mass is 35.5. The second-order valence-electron chi connectivity index (χ2n) is 6.50. The zero-order valence-corrected chi connectivity index (χ0v) is 15.3. The molecule has 5 rings (SSSR count). The molecular formula is C19H14ClFN4O2.